The van der Waals surface area contributed by atoms with Crippen molar-refractivity contribution >= 4 is 29.4 Å². The topological polar surface area (TPSA) is 108 Å². The molecule has 10 nitrogen and oxygen atoms in total. The highest BCUT2D eigenvalue weighted by molar-refractivity contribution is 5.81. The zero-order valence-corrected chi connectivity index (χ0v) is 20.4. The fourth-order valence-electron chi connectivity index (χ4n) is 4.12. The van der Waals surface area contributed by atoms with E-state index in [1.165, 1.54) is 13.0 Å². The fraction of sp³-hybridized carbons (Fsp3) is 0.583. The summed E-state index contributed by atoms with van der Waals surface area (Å²) in [5.74, 6) is -2.35. The highest BCUT2D eigenvalue weighted by atomic mass is 19.1. The first-order valence-corrected chi connectivity index (χ1v) is 11.7. The maximum absolute atomic E-state index is 15.0. The fourth-order valence-corrected chi connectivity index (χ4v) is 4.12. The van der Waals surface area contributed by atoms with Gasteiger partial charge in [0, 0.05) is 46.1 Å². The molecular formula is C24H33FN4O6. The molecule has 2 atom stereocenters. The molecule has 2 saturated heterocycles. The summed E-state index contributed by atoms with van der Waals surface area (Å²) < 4.78 is 25.3. The summed E-state index contributed by atoms with van der Waals surface area (Å²) in [7, 11) is 3.70. The first-order valence-electron chi connectivity index (χ1n) is 11.7. The van der Waals surface area contributed by atoms with Gasteiger partial charge in [-0.3, -0.25) is 19.2 Å². The molecule has 0 spiro atoms. The third-order valence-corrected chi connectivity index (χ3v) is 6.11. The van der Waals surface area contributed by atoms with Crippen LogP contribution in [0.3, 0.4) is 0 Å². The van der Waals surface area contributed by atoms with E-state index in [4.69, 9.17) is 9.47 Å². The molecule has 1 unspecified atom stereocenters. The van der Waals surface area contributed by atoms with Crippen LogP contribution in [0.5, 0.6) is 0 Å². The van der Waals surface area contributed by atoms with Gasteiger partial charge in [0.15, 0.2) is 6.61 Å². The number of nitrogens with zero attached hydrogens (tertiary/aromatic N) is 3. The number of piperazine rings is 1. The number of anilines is 1. The van der Waals surface area contributed by atoms with Gasteiger partial charge < -0.3 is 29.5 Å². The molecule has 0 saturated carbocycles. The number of cyclic esters (lactones) is 1. The Labute approximate surface area is 204 Å². The number of carbonyl (C=O) groups is 4. The molecule has 35 heavy (non-hydrogen) atoms. The molecule has 1 aromatic carbocycles. The average molecular weight is 493 g/mol. The molecular weight excluding hydrogens is 459 g/mol. The summed E-state index contributed by atoms with van der Waals surface area (Å²) in [5.41, 5.74) is 0.934. The van der Waals surface area contributed by atoms with E-state index in [1.807, 2.05) is 23.9 Å². The lowest BCUT2D eigenvalue weighted by Crippen LogP contribution is -2.50. The van der Waals surface area contributed by atoms with Crippen molar-refractivity contribution in [2.45, 2.75) is 31.8 Å². The van der Waals surface area contributed by atoms with Gasteiger partial charge in [-0.15, -0.1) is 0 Å². The molecule has 11 heteroatoms. The second-order valence-corrected chi connectivity index (χ2v) is 9.08. The van der Waals surface area contributed by atoms with Gasteiger partial charge in [-0.2, -0.15) is 0 Å². The number of halogens is 1. The van der Waals surface area contributed by atoms with Crippen LogP contribution >= 0.6 is 0 Å². The lowest BCUT2D eigenvalue weighted by molar-refractivity contribution is -0.152. The Morgan fingerprint density at radius 2 is 1.91 bits per heavy atom. The summed E-state index contributed by atoms with van der Waals surface area (Å²) in [6, 6.07) is 4.71. The first kappa shape index (κ1) is 26.4. The number of benzene rings is 1. The van der Waals surface area contributed by atoms with E-state index in [2.05, 4.69) is 5.32 Å². The molecule has 2 aliphatic rings. The Bertz CT molecular complexity index is 948. The van der Waals surface area contributed by atoms with E-state index in [9.17, 15) is 23.6 Å². The van der Waals surface area contributed by atoms with Gasteiger partial charge in [0.2, 0.25) is 5.91 Å². The number of esters is 2. The summed E-state index contributed by atoms with van der Waals surface area (Å²) in [6.07, 6.45) is 0.160. The van der Waals surface area contributed by atoms with E-state index < -0.39 is 29.8 Å². The highest BCUT2D eigenvalue weighted by Gasteiger charge is 2.36. The Balaban J connectivity index is 1.50. The zero-order chi connectivity index (χ0) is 25.5. The van der Waals surface area contributed by atoms with Crippen LogP contribution in [0.1, 0.15) is 31.2 Å². The summed E-state index contributed by atoms with van der Waals surface area (Å²) in [4.78, 5) is 52.7. The average Bonchev–Trinajstić information content (AvgIpc) is 3.20. The second-order valence-electron chi connectivity index (χ2n) is 9.08. The maximum Gasteiger partial charge on any atom is 0.313 e. The Hall–Kier alpha value is -3.21. The zero-order valence-electron chi connectivity index (χ0n) is 20.4. The molecule has 0 bridgehead atoms. The van der Waals surface area contributed by atoms with Crippen LogP contribution in [0.4, 0.5) is 10.1 Å². The minimum atomic E-state index is -0.577. The monoisotopic (exact) mass is 492 g/mol. The van der Waals surface area contributed by atoms with Crippen LogP contribution < -0.4 is 10.2 Å². The third kappa shape index (κ3) is 7.38. The standard InChI is InChI=1S/C24H33FN4O6/c1-16(30)26-14-18-13-19(24(33)35-18)17-4-5-21(20(25)12-17)28-8-10-29(11-9-28)22(31)15-34-23(32)6-7-27(2)3/h4-5,12,18-19H,6-11,13-15H2,1-3H3,(H,26,30)/t18-,19?/m1/s1. The van der Waals surface area contributed by atoms with Crippen molar-refractivity contribution in [3.05, 3.63) is 29.6 Å². The predicted molar refractivity (Wildman–Crippen MR) is 125 cm³/mol. The number of ether oxygens (including phenoxy) is 2. The molecule has 2 aliphatic heterocycles. The second kappa shape index (κ2) is 12.0. The van der Waals surface area contributed by atoms with Gasteiger partial charge >= 0.3 is 11.9 Å². The summed E-state index contributed by atoms with van der Waals surface area (Å²) in [5, 5.41) is 2.63. The van der Waals surface area contributed by atoms with Crippen LogP contribution in [-0.4, -0.2) is 99.6 Å². The molecule has 2 amide bonds. The van der Waals surface area contributed by atoms with Gasteiger partial charge in [-0.1, -0.05) is 6.07 Å². The van der Waals surface area contributed by atoms with Crippen LogP contribution in [-0.2, 0) is 28.7 Å². The number of carbonyl (C=O) groups excluding carboxylic acids is 4. The molecule has 2 heterocycles. The minimum absolute atomic E-state index is 0.206. The molecule has 0 aliphatic carbocycles. The molecule has 192 valence electrons. The SMILES string of the molecule is CC(=O)NC[C@H]1CC(c2ccc(N3CCN(C(=O)COC(=O)CCN(C)C)CC3)c(F)c2)C(=O)O1. The van der Waals surface area contributed by atoms with Crippen molar-refractivity contribution in [1.29, 1.82) is 0 Å². The van der Waals surface area contributed by atoms with Crippen LogP contribution in [0.2, 0.25) is 0 Å². The lowest BCUT2D eigenvalue weighted by Gasteiger charge is -2.36. The lowest BCUT2D eigenvalue weighted by atomic mass is 9.95. The van der Waals surface area contributed by atoms with Crippen LogP contribution in [0, 0.1) is 5.82 Å². The molecule has 3 rings (SSSR count). The quantitative estimate of drug-likeness (QED) is 0.497. The van der Waals surface area contributed by atoms with E-state index in [0.717, 1.165) is 0 Å². The van der Waals surface area contributed by atoms with Crippen molar-refractivity contribution in [2.75, 3.05) is 64.9 Å². The number of hydrogen-bond acceptors (Lipinski definition) is 8. The van der Waals surface area contributed by atoms with Gasteiger partial charge in [-0.05, 0) is 31.8 Å². The Morgan fingerprint density at radius 3 is 2.54 bits per heavy atom. The van der Waals surface area contributed by atoms with E-state index in [1.54, 1.807) is 17.0 Å². The number of rotatable bonds is 9. The van der Waals surface area contributed by atoms with Gasteiger partial charge in [0.1, 0.15) is 11.9 Å². The van der Waals surface area contributed by atoms with Gasteiger partial charge in [-0.25, -0.2) is 4.39 Å². The smallest absolute Gasteiger partial charge is 0.313 e. The Kier molecular flexibility index (Phi) is 9.02. The molecule has 1 aromatic rings. The van der Waals surface area contributed by atoms with Gasteiger partial charge in [0.25, 0.3) is 5.91 Å². The van der Waals surface area contributed by atoms with Crippen molar-refractivity contribution < 1.29 is 33.0 Å². The normalized spacial score (nSPS) is 20.1. The van der Waals surface area contributed by atoms with Gasteiger partial charge in [0.05, 0.1) is 24.6 Å². The van der Waals surface area contributed by atoms with Crippen molar-refractivity contribution in [1.82, 2.24) is 15.1 Å². The molecule has 0 aromatic heterocycles. The molecule has 1 N–H and O–H groups in total. The van der Waals surface area contributed by atoms with Crippen molar-refractivity contribution in [3.8, 4) is 0 Å². The predicted octanol–water partition coefficient (Wildman–Crippen LogP) is 0.504. The molecule has 0 radical (unpaired) electrons. The number of nitrogens with one attached hydrogen (secondary N) is 1. The van der Waals surface area contributed by atoms with Crippen molar-refractivity contribution in [3.63, 3.8) is 0 Å². The summed E-state index contributed by atoms with van der Waals surface area (Å²) >= 11 is 0. The van der Waals surface area contributed by atoms with E-state index >= 15 is 0 Å². The third-order valence-electron chi connectivity index (χ3n) is 6.11. The Morgan fingerprint density at radius 1 is 1.20 bits per heavy atom. The first-order chi connectivity index (χ1) is 16.6. The minimum Gasteiger partial charge on any atom is -0.460 e. The maximum atomic E-state index is 15.0. The largest absolute Gasteiger partial charge is 0.460 e. The van der Waals surface area contributed by atoms with E-state index in [0.29, 0.717) is 50.4 Å². The number of hydrogen-bond donors (Lipinski definition) is 1. The van der Waals surface area contributed by atoms with E-state index in [-0.39, 0.29) is 31.4 Å². The van der Waals surface area contributed by atoms with Crippen LogP contribution in [0.25, 0.3) is 0 Å². The van der Waals surface area contributed by atoms with Crippen LogP contribution in [0.15, 0.2) is 18.2 Å². The highest BCUT2D eigenvalue weighted by Crippen LogP contribution is 2.33. The van der Waals surface area contributed by atoms with Crippen molar-refractivity contribution in [2.24, 2.45) is 0 Å². The molecule has 2 fully saturated rings. The summed E-state index contributed by atoms with van der Waals surface area (Å²) in [6.45, 7) is 3.51. The number of amides is 2.